The van der Waals surface area contributed by atoms with Crippen LogP contribution in [0.15, 0.2) is 24.3 Å². The Hall–Kier alpha value is -1.35. The van der Waals surface area contributed by atoms with E-state index in [4.69, 9.17) is 0 Å². The van der Waals surface area contributed by atoms with Crippen molar-refractivity contribution in [3.05, 3.63) is 35.4 Å². The molecule has 0 atom stereocenters. The van der Waals surface area contributed by atoms with Gasteiger partial charge in [-0.15, -0.1) is 0 Å². The van der Waals surface area contributed by atoms with Crippen LogP contribution < -0.4 is 5.32 Å². The average Bonchev–Trinajstić information content (AvgIpc) is 2.41. The van der Waals surface area contributed by atoms with E-state index in [-0.39, 0.29) is 5.91 Å². The molecule has 18 heavy (non-hydrogen) atoms. The molecule has 1 aliphatic heterocycles. The van der Waals surface area contributed by atoms with Crippen LogP contribution in [0.1, 0.15) is 35.7 Å². The summed E-state index contributed by atoms with van der Waals surface area (Å²) in [5.41, 5.74) is 1.91. The fourth-order valence-electron chi connectivity index (χ4n) is 2.65. The second-order valence-electron chi connectivity index (χ2n) is 4.89. The van der Waals surface area contributed by atoms with E-state index in [9.17, 15) is 4.79 Å². The van der Waals surface area contributed by atoms with Crippen molar-refractivity contribution in [3.63, 3.8) is 0 Å². The van der Waals surface area contributed by atoms with Crippen molar-refractivity contribution in [1.29, 1.82) is 0 Å². The molecule has 1 N–H and O–H groups in total. The summed E-state index contributed by atoms with van der Waals surface area (Å²) in [7, 11) is 0. The van der Waals surface area contributed by atoms with Gasteiger partial charge in [-0.25, -0.2) is 0 Å². The van der Waals surface area contributed by atoms with E-state index >= 15 is 0 Å². The number of carbonyl (C=O) groups is 1. The molecule has 1 heterocycles. The molecule has 98 valence electrons. The zero-order valence-corrected chi connectivity index (χ0v) is 11.3. The third-order valence-corrected chi connectivity index (χ3v) is 3.73. The Bertz CT molecular complexity index is 411. The number of nitrogens with one attached hydrogen (secondary N) is 1. The molecule has 0 saturated carbocycles. The number of hydrogen-bond acceptors (Lipinski definition) is 2. The van der Waals surface area contributed by atoms with Gasteiger partial charge in [0.15, 0.2) is 0 Å². The summed E-state index contributed by atoms with van der Waals surface area (Å²) >= 11 is 0. The highest BCUT2D eigenvalue weighted by atomic mass is 16.2. The fourth-order valence-corrected chi connectivity index (χ4v) is 2.65. The van der Waals surface area contributed by atoms with Gasteiger partial charge in [-0.1, -0.05) is 18.2 Å². The molecule has 3 nitrogen and oxygen atoms in total. The van der Waals surface area contributed by atoms with Crippen LogP contribution in [-0.2, 0) is 0 Å². The van der Waals surface area contributed by atoms with Crippen molar-refractivity contribution in [2.24, 2.45) is 0 Å². The van der Waals surface area contributed by atoms with Crippen LogP contribution >= 0.6 is 0 Å². The molecule has 1 saturated heterocycles. The molecule has 1 aliphatic rings. The van der Waals surface area contributed by atoms with E-state index in [1.807, 2.05) is 36.1 Å². The van der Waals surface area contributed by atoms with E-state index in [2.05, 4.69) is 12.2 Å². The van der Waals surface area contributed by atoms with Crippen LogP contribution in [0.2, 0.25) is 0 Å². The first kappa shape index (κ1) is 13.1. The van der Waals surface area contributed by atoms with Gasteiger partial charge in [-0.2, -0.15) is 0 Å². The van der Waals surface area contributed by atoms with E-state index in [0.29, 0.717) is 6.04 Å². The lowest BCUT2D eigenvalue weighted by molar-refractivity contribution is 0.0655. The van der Waals surface area contributed by atoms with Crippen LogP contribution in [0.25, 0.3) is 0 Å². The van der Waals surface area contributed by atoms with Gasteiger partial charge < -0.3 is 10.2 Å². The number of rotatable bonds is 3. The molecular formula is C15H22N2O. The minimum Gasteiger partial charge on any atom is -0.336 e. The zero-order valence-electron chi connectivity index (χ0n) is 11.3. The Morgan fingerprint density at radius 3 is 2.61 bits per heavy atom. The maximum absolute atomic E-state index is 12.6. The topological polar surface area (TPSA) is 32.3 Å². The second kappa shape index (κ2) is 6.01. The summed E-state index contributed by atoms with van der Waals surface area (Å²) in [5.74, 6) is 0.183. The molecule has 0 bridgehead atoms. The minimum atomic E-state index is 0.183. The maximum Gasteiger partial charge on any atom is 0.254 e. The van der Waals surface area contributed by atoms with Gasteiger partial charge in [0.2, 0.25) is 0 Å². The zero-order chi connectivity index (χ0) is 13.0. The lowest BCUT2D eigenvalue weighted by Gasteiger charge is -2.34. The summed E-state index contributed by atoms with van der Waals surface area (Å²) in [6, 6.07) is 8.25. The predicted molar refractivity (Wildman–Crippen MR) is 73.8 cm³/mol. The number of benzene rings is 1. The molecule has 0 spiro atoms. The van der Waals surface area contributed by atoms with Crippen LogP contribution in [0, 0.1) is 6.92 Å². The molecule has 0 aliphatic carbocycles. The molecular weight excluding hydrogens is 224 g/mol. The van der Waals surface area contributed by atoms with Crippen LogP contribution in [0.4, 0.5) is 0 Å². The summed E-state index contributed by atoms with van der Waals surface area (Å²) in [6.07, 6.45) is 2.12. The summed E-state index contributed by atoms with van der Waals surface area (Å²) in [6.45, 7) is 6.89. The Morgan fingerprint density at radius 2 is 2.00 bits per heavy atom. The van der Waals surface area contributed by atoms with E-state index in [0.717, 1.165) is 43.6 Å². The Morgan fingerprint density at radius 1 is 1.33 bits per heavy atom. The molecule has 1 aromatic carbocycles. The van der Waals surface area contributed by atoms with Gasteiger partial charge in [0.05, 0.1) is 0 Å². The fraction of sp³-hybridized carbons (Fsp3) is 0.533. The van der Waals surface area contributed by atoms with E-state index in [1.54, 1.807) is 0 Å². The van der Waals surface area contributed by atoms with Crippen molar-refractivity contribution in [2.75, 3.05) is 19.6 Å². The Balaban J connectivity index is 2.17. The lowest BCUT2D eigenvalue weighted by Crippen LogP contribution is -2.46. The molecule has 0 aromatic heterocycles. The predicted octanol–water partition coefficient (Wildman–Crippen LogP) is 2.21. The number of hydrogen-bond donors (Lipinski definition) is 1. The normalized spacial score (nSPS) is 16.6. The van der Waals surface area contributed by atoms with E-state index < -0.39 is 0 Å². The smallest absolute Gasteiger partial charge is 0.254 e. The van der Waals surface area contributed by atoms with Crippen LogP contribution in [0.3, 0.4) is 0 Å². The first-order valence-electron chi connectivity index (χ1n) is 6.81. The minimum absolute atomic E-state index is 0.183. The van der Waals surface area contributed by atoms with Gasteiger partial charge in [-0.3, -0.25) is 4.79 Å². The second-order valence-corrected chi connectivity index (χ2v) is 4.89. The first-order chi connectivity index (χ1) is 8.74. The van der Waals surface area contributed by atoms with Gasteiger partial charge in [0, 0.05) is 18.2 Å². The van der Waals surface area contributed by atoms with Crippen molar-refractivity contribution in [3.8, 4) is 0 Å². The van der Waals surface area contributed by atoms with E-state index in [1.165, 1.54) is 0 Å². The Labute approximate surface area is 109 Å². The third-order valence-electron chi connectivity index (χ3n) is 3.73. The SMILES string of the molecule is CCN(C(=O)c1ccccc1C)C1CCNCC1. The average molecular weight is 246 g/mol. The van der Waals surface area contributed by atoms with Gasteiger partial charge in [0.1, 0.15) is 0 Å². The number of amides is 1. The van der Waals surface area contributed by atoms with Crippen LogP contribution in [0.5, 0.6) is 0 Å². The summed E-state index contributed by atoms with van der Waals surface area (Å²) < 4.78 is 0. The highest BCUT2D eigenvalue weighted by molar-refractivity contribution is 5.95. The highest BCUT2D eigenvalue weighted by Gasteiger charge is 2.25. The van der Waals surface area contributed by atoms with Crippen molar-refractivity contribution in [2.45, 2.75) is 32.7 Å². The summed E-state index contributed by atoms with van der Waals surface area (Å²) in [4.78, 5) is 14.6. The molecule has 0 radical (unpaired) electrons. The largest absolute Gasteiger partial charge is 0.336 e. The number of carbonyl (C=O) groups excluding carboxylic acids is 1. The first-order valence-corrected chi connectivity index (χ1v) is 6.81. The van der Waals surface area contributed by atoms with Crippen molar-refractivity contribution < 1.29 is 4.79 Å². The highest BCUT2D eigenvalue weighted by Crippen LogP contribution is 2.17. The summed E-state index contributed by atoms with van der Waals surface area (Å²) in [5, 5.41) is 3.35. The molecule has 2 rings (SSSR count). The number of aryl methyl sites for hydroxylation is 1. The monoisotopic (exact) mass is 246 g/mol. The molecule has 1 aromatic rings. The maximum atomic E-state index is 12.6. The molecule has 1 fully saturated rings. The standard InChI is InChI=1S/C15H22N2O/c1-3-17(13-8-10-16-11-9-13)15(18)14-7-5-4-6-12(14)2/h4-7,13,16H,3,8-11H2,1-2H3. The van der Waals surface area contributed by atoms with Crippen LogP contribution in [-0.4, -0.2) is 36.5 Å². The molecule has 0 unspecified atom stereocenters. The number of piperidine rings is 1. The van der Waals surface area contributed by atoms with Crippen molar-refractivity contribution >= 4 is 5.91 Å². The quantitative estimate of drug-likeness (QED) is 0.887. The van der Waals surface area contributed by atoms with Gasteiger partial charge in [0.25, 0.3) is 5.91 Å². The van der Waals surface area contributed by atoms with Gasteiger partial charge in [-0.05, 0) is 51.4 Å². The van der Waals surface area contributed by atoms with Gasteiger partial charge >= 0.3 is 0 Å². The third kappa shape index (κ3) is 2.72. The van der Waals surface area contributed by atoms with Crippen molar-refractivity contribution in [1.82, 2.24) is 10.2 Å². The Kier molecular flexibility index (Phi) is 4.37. The lowest BCUT2D eigenvalue weighted by atomic mass is 10.0. The number of nitrogens with zero attached hydrogens (tertiary/aromatic N) is 1. The molecule has 1 amide bonds. The molecule has 3 heteroatoms.